The molecule has 3 aromatic rings. The fourth-order valence-electron chi connectivity index (χ4n) is 2.95. The Hall–Kier alpha value is -4.46. The van der Waals surface area contributed by atoms with Crippen LogP contribution in [0.25, 0.3) is 0 Å². The van der Waals surface area contributed by atoms with Crippen molar-refractivity contribution in [2.24, 2.45) is 0 Å². The van der Waals surface area contributed by atoms with Gasteiger partial charge < -0.3 is 18.9 Å². The number of hydrogen-bond donors (Lipinski definition) is 0. The molecule has 8 heteroatoms. The van der Waals surface area contributed by atoms with Crippen LogP contribution in [0, 0.1) is 0 Å². The molecule has 34 heavy (non-hydrogen) atoms. The Morgan fingerprint density at radius 1 is 0.471 bits per heavy atom. The number of ether oxygens (including phenoxy) is 4. The molecule has 0 amide bonds. The van der Waals surface area contributed by atoms with E-state index < -0.39 is 0 Å². The van der Waals surface area contributed by atoms with Crippen LogP contribution in [0.1, 0.15) is 41.4 Å². The van der Waals surface area contributed by atoms with E-state index in [0.29, 0.717) is 70.4 Å². The zero-order valence-electron chi connectivity index (χ0n) is 18.2. The second kappa shape index (κ2) is 12.5. The summed E-state index contributed by atoms with van der Waals surface area (Å²) in [5.74, 6) is 1.86. The molecule has 0 aliphatic carbocycles. The van der Waals surface area contributed by atoms with Crippen LogP contribution < -0.4 is 18.9 Å². The highest BCUT2D eigenvalue weighted by Gasteiger charge is 2.06. The van der Waals surface area contributed by atoms with Crippen molar-refractivity contribution in [3.05, 3.63) is 82.9 Å². The van der Waals surface area contributed by atoms with E-state index in [2.05, 4.69) is 0 Å². The molecule has 0 saturated carbocycles. The van der Waals surface area contributed by atoms with Gasteiger partial charge in [-0.2, -0.15) is 0 Å². The van der Waals surface area contributed by atoms with Gasteiger partial charge in [-0.25, -0.2) is 0 Å². The molecule has 0 saturated heterocycles. The largest absolute Gasteiger partial charge is 0.490 e. The fourth-order valence-corrected chi connectivity index (χ4v) is 2.95. The van der Waals surface area contributed by atoms with Crippen molar-refractivity contribution in [2.45, 2.75) is 0 Å². The lowest BCUT2D eigenvalue weighted by molar-refractivity contribution is 0.110. The number of rotatable bonds is 14. The number of carbonyl (C=O) groups excluding carboxylic acids is 4. The SMILES string of the molecule is O=Cc1ccc(C=O)c(OCCOc2ccc(OCCOc3cc(C=O)ccc3C=O)cc2)c1. The van der Waals surface area contributed by atoms with Crippen LogP contribution in [0.3, 0.4) is 0 Å². The van der Waals surface area contributed by atoms with Gasteiger partial charge in [-0.3, -0.25) is 19.2 Å². The Labute approximate surface area is 196 Å². The zero-order chi connectivity index (χ0) is 24.2. The number of aldehydes is 4. The van der Waals surface area contributed by atoms with Crippen LogP contribution in [0.2, 0.25) is 0 Å². The summed E-state index contributed by atoms with van der Waals surface area (Å²) in [6.07, 6.45) is 2.69. The molecule has 3 rings (SSSR count). The molecule has 174 valence electrons. The first-order valence-corrected chi connectivity index (χ1v) is 10.4. The molecule has 0 atom stereocenters. The molecule has 0 heterocycles. The van der Waals surface area contributed by atoms with Gasteiger partial charge in [0.15, 0.2) is 12.6 Å². The summed E-state index contributed by atoms with van der Waals surface area (Å²) < 4.78 is 22.3. The molecule has 0 fully saturated rings. The third-order valence-corrected chi connectivity index (χ3v) is 4.64. The maximum absolute atomic E-state index is 11.1. The topological polar surface area (TPSA) is 105 Å². The van der Waals surface area contributed by atoms with Gasteiger partial charge in [0.2, 0.25) is 0 Å². The van der Waals surface area contributed by atoms with Crippen LogP contribution in [0.4, 0.5) is 0 Å². The lowest BCUT2D eigenvalue weighted by Gasteiger charge is -2.12. The van der Waals surface area contributed by atoms with Gasteiger partial charge in [-0.15, -0.1) is 0 Å². The van der Waals surface area contributed by atoms with Crippen molar-refractivity contribution < 1.29 is 38.1 Å². The molecule has 0 aliphatic rings. The normalized spacial score (nSPS) is 10.1. The van der Waals surface area contributed by atoms with Gasteiger partial charge in [-0.1, -0.05) is 12.1 Å². The third kappa shape index (κ3) is 6.77. The van der Waals surface area contributed by atoms with E-state index in [0.717, 1.165) is 0 Å². The van der Waals surface area contributed by atoms with Crippen molar-refractivity contribution in [1.29, 1.82) is 0 Å². The summed E-state index contributed by atoms with van der Waals surface area (Å²) in [6, 6.07) is 16.1. The minimum absolute atomic E-state index is 0.187. The number of benzene rings is 3. The molecule has 0 bridgehead atoms. The molecular weight excluding hydrogens is 440 g/mol. The molecule has 3 aromatic carbocycles. The van der Waals surface area contributed by atoms with Crippen molar-refractivity contribution >= 4 is 25.1 Å². The van der Waals surface area contributed by atoms with Crippen LogP contribution >= 0.6 is 0 Å². The Morgan fingerprint density at radius 3 is 1.21 bits per heavy atom. The zero-order valence-corrected chi connectivity index (χ0v) is 18.2. The van der Waals surface area contributed by atoms with E-state index in [1.165, 1.54) is 24.3 Å². The first-order chi connectivity index (χ1) is 16.7. The van der Waals surface area contributed by atoms with E-state index in [4.69, 9.17) is 18.9 Å². The average molecular weight is 462 g/mol. The minimum atomic E-state index is 0.187. The summed E-state index contributed by atoms with van der Waals surface area (Å²) in [6.45, 7) is 0.840. The van der Waals surface area contributed by atoms with Crippen molar-refractivity contribution in [3.8, 4) is 23.0 Å². The highest BCUT2D eigenvalue weighted by molar-refractivity contribution is 5.84. The van der Waals surface area contributed by atoms with Gasteiger partial charge in [0.25, 0.3) is 0 Å². The van der Waals surface area contributed by atoms with E-state index in [1.54, 1.807) is 36.4 Å². The van der Waals surface area contributed by atoms with Gasteiger partial charge in [0.05, 0.1) is 11.1 Å². The van der Waals surface area contributed by atoms with Gasteiger partial charge in [0.1, 0.15) is 62.0 Å². The van der Waals surface area contributed by atoms with Crippen LogP contribution in [-0.2, 0) is 0 Å². The standard InChI is InChI=1S/C26H22O8/c27-15-19-1-3-21(17-29)25(13-19)33-11-9-31-23-5-7-24(8-6-23)32-10-12-34-26-14-20(16-28)2-4-22(26)18-30/h1-8,13-18H,9-12H2. The lowest BCUT2D eigenvalue weighted by Crippen LogP contribution is -2.11. The molecule has 0 radical (unpaired) electrons. The smallest absolute Gasteiger partial charge is 0.153 e. The van der Waals surface area contributed by atoms with Gasteiger partial charge >= 0.3 is 0 Å². The average Bonchev–Trinajstić information content (AvgIpc) is 2.89. The lowest BCUT2D eigenvalue weighted by atomic mass is 10.1. The van der Waals surface area contributed by atoms with Gasteiger partial charge in [0, 0.05) is 11.1 Å². The number of hydrogen-bond acceptors (Lipinski definition) is 8. The Morgan fingerprint density at radius 2 is 0.853 bits per heavy atom. The predicted octanol–water partition coefficient (Wildman–Crippen LogP) is 3.85. The maximum Gasteiger partial charge on any atom is 0.153 e. The second-order valence-corrected chi connectivity index (χ2v) is 6.93. The van der Waals surface area contributed by atoms with Crippen molar-refractivity contribution in [3.63, 3.8) is 0 Å². The predicted molar refractivity (Wildman–Crippen MR) is 123 cm³/mol. The van der Waals surface area contributed by atoms with E-state index >= 15 is 0 Å². The van der Waals surface area contributed by atoms with Crippen LogP contribution in [-0.4, -0.2) is 51.6 Å². The quantitative estimate of drug-likeness (QED) is 0.263. The first kappa shape index (κ1) is 24.2. The summed E-state index contributed by atoms with van der Waals surface area (Å²) in [4.78, 5) is 44.0. The third-order valence-electron chi connectivity index (χ3n) is 4.64. The van der Waals surface area contributed by atoms with Crippen LogP contribution in [0.15, 0.2) is 60.7 Å². The number of carbonyl (C=O) groups is 4. The molecule has 0 unspecified atom stereocenters. The van der Waals surface area contributed by atoms with Crippen molar-refractivity contribution in [2.75, 3.05) is 26.4 Å². The van der Waals surface area contributed by atoms with Crippen LogP contribution in [0.5, 0.6) is 23.0 Å². The fraction of sp³-hybridized carbons (Fsp3) is 0.154. The van der Waals surface area contributed by atoms with E-state index in [-0.39, 0.29) is 26.4 Å². The summed E-state index contributed by atoms with van der Waals surface area (Å²) in [5, 5.41) is 0. The molecule has 0 spiro atoms. The van der Waals surface area contributed by atoms with Gasteiger partial charge in [-0.05, 0) is 48.5 Å². The summed E-state index contributed by atoms with van der Waals surface area (Å²) >= 11 is 0. The molecule has 0 N–H and O–H groups in total. The van der Waals surface area contributed by atoms with E-state index in [1.807, 2.05) is 0 Å². The maximum atomic E-state index is 11.1. The molecule has 8 nitrogen and oxygen atoms in total. The minimum Gasteiger partial charge on any atom is -0.490 e. The Kier molecular flexibility index (Phi) is 8.92. The first-order valence-electron chi connectivity index (χ1n) is 10.4. The molecule has 0 aromatic heterocycles. The summed E-state index contributed by atoms with van der Waals surface area (Å²) in [5.41, 5.74) is 1.55. The highest BCUT2D eigenvalue weighted by atomic mass is 16.5. The molecular formula is C26H22O8. The second-order valence-electron chi connectivity index (χ2n) is 6.93. The Bertz CT molecular complexity index is 1050. The Balaban J connectivity index is 1.41. The highest BCUT2D eigenvalue weighted by Crippen LogP contribution is 2.21. The molecule has 0 aliphatic heterocycles. The van der Waals surface area contributed by atoms with Crippen molar-refractivity contribution in [1.82, 2.24) is 0 Å². The van der Waals surface area contributed by atoms with E-state index in [9.17, 15) is 19.2 Å². The summed E-state index contributed by atoms with van der Waals surface area (Å²) in [7, 11) is 0. The monoisotopic (exact) mass is 462 g/mol.